The molecule has 3 N–H and O–H groups in total. The molecule has 1 aromatic carbocycles. The molecule has 0 spiro atoms. The number of nitrogens with one attached hydrogen (secondary N) is 1. The molecule has 5 nitrogen and oxygen atoms in total. The van der Waals surface area contributed by atoms with Gasteiger partial charge in [-0.1, -0.05) is 29.3 Å². The van der Waals surface area contributed by atoms with Crippen molar-refractivity contribution in [3.05, 3.63) is 28.2 Å². The van der Waals surface area contributed by atoms with Crippen molar-refractivity contribution in [3.63, 3.8) is 0 Å². The molecule has 0 radical (unpaired) electrons. The number of carboxylic acid groups (broad SMARTS) is 1. The van der Waals surface area contributed by atoms with E-state index in [1.807, 2.05) is 6.92 Å². The summed E-state index contributed by atoms with van der Waals surface area (Å²) in [7, 11) is 0. The van der Waals surface area contributed by atoms with E-state index < -0.39 is 11.9 Å². The highest BCUT2D eigenvalue weighted by molar-refractivity contribution is 9.10. The lowest BCUT2D eigenvalue weighted by molar-refractivity contribution is -0.138. The molecule has 1 aromatic rings. The smallest absolute Gasteiger partial charge is 0.303 e. The molecule has 0 fully saturated rings. The summed E-state index contributed by atoms with van der Waals surface area (Å²) in [4.78, 5) is 22.5. The number of carboxylic acids is 1. The van der Waals surface area contributed by atoms with Gasteiger partial charge in [0.2, 0.25) is 0 Å². The predicted octanol–water partition coefficient (Wildman–Crippen LogP) is 2.39. The molecule has 6 heteroatoms. The molecule has 1 amide bonds. The first-order chi connectivity index (χ1) is 8.93. The SMILES string of the molecule is CCC(CNC(=O)c1cc(Br)ccc1O)CC(=O)O. The van der Waals surface area contributed by atoms with E-state index in [4.69, 9.17) is 5.11 Å². The highest BCUT2D eigenvalue weighted by atomic mass is 79.9. The molecule has 0 saturated heterocycles. The molecule has 19 heavy (non-hydrogen) atoms. The predicted molar refractivity (Wildman–Crippen MR) is 74.2 cm³/mol. The topological polar surface area (TPSA) is 86.6 Å². The average molecular weight is 330 g/mol. The van der Waals surface area contributed by atoms with Gasteiger partial charge in [0, 0.05) is 17.4 Å². The van der Waals surface area contributed by atoms with Crippen molar-refractivity contribution in [3.8, 4) is 5.75 Å². The van der Waals surface area contributed by atoms with Crippen LogP contribution in [-0.2, 0) is 4.79 Å². The number of halogens is 1. The Hall–Kier alpha value is -1.56. The molecule has 0 aromatic heterocycles. The Balaban J connectivity index is 2.64. The van der Waals surface area contributed by atoms with E-state index in [-0.39, 0.29) is 30.2 Å². The van der Waals surface area contributed by atoms with Crippen molar-refractivity contribution < 1.29 is 19.8 Å². The second-order valence-corrected chi connectivity index (χ2v) is 5.16. The number of hydrogen-bond acceptors (Lipinski definition) is 3. The molecule has 1 unspecified atom stereocenters. The normalized spacial score (nSPS) is 11.9. The maximum Gasteiger partial charge on any atom is 0.303 e. The van der Waals surface area contributed by atoms with Crippen LogP contribution in [0.2, 0.25) is 0 Å². The van der Waals surface area contributed by atoms with Crippen LogP contribution < -0.4 is 5.32 Å². The Kier molecular flexibility index (Phi) is 5.82. The lowest BCUT2D eigenvalue weighted by Gasteiger charge is -2.14. The minimum absolute atomic E-state index is 0.0151. The first-order valence-corrected chi connectivity index (χ1v) is 6.71. The van der Waals surface area contributed by atoms with Crippen molar-refractivity contribution in [2.24, 2.45) is 5.92 Å². The van der Waals surface area contributed by atoms with Gasteiger partial charge in [-0.25, -0.2) is 0 Å². The van der Waals surface area contributed by atoms with Crippen LogP contribution in [0.1, 0.15) is 30.1 Å². The molecular formula is C13H16BrNO4. The fourth-order valence-electron chi connectivity index (χ4n) is 1.63. The first kappa shape index (κ1) is 15.5. The summed E-state index contributed by atoms with van der Waals surface area (Å²) in [5, 5.41) is 21.0. The molecule has 0 saturated carbocycles. The van der Waals surface area contributed by atoms with Crippen molar-refractivity contribution in [2.45, 2.75) is 19.8 Å². The molecular weight excluding hydrogens is 314 g/mol. The summed E-state index contributed by atoms with van der Waals surface area (Å²) in [6, 6.07) is 4.57. The fourth-order valence-corrected chi connectivity index (χ4v) is 1.99. The summed E-state index contributed by atoms with van der Waals surface area (Å²) in [5.41, 5.74) is 0.166. The van der Waals surface area contributed by atoms with E-state index >= 15 is 0 Å². The lowest BCUT2D eigenvalue weighted by Crippen LogP contribution is -2.30. The number of rotatable bonds is 6. The molecule has 0 aliphatic rings. The monoisotopic (exact) mass is 329 g/mol. The van der Waals surface area contributed by atoms with Gasteiger partial charge >= 0.3 is 5.97 Å². The quantitative estimate of drug-likeness (QED) is 0.747. The summed E-state index contributed by atoms with van der Waals surface area (Å²) in [5.74, 6) is -1.52. The third kappa shape index (κ3) is 4.90. The third-order valence-corrected chi connectivity index (χ3v) is 3.29. The molecule has 0 aliphatic carbocycles. The molecule has 1 atom stereocenters. The van der Waals surface area contributed by atoms with Crippen LogP contribution in [0.15, 0.2) is 22.7 Å². The Morgan fingerprint density at radius 3 is 2.68 bits per heavy atom. The molecule has 1 rings (SSSR count). The van der Waals surface area contributed by atoms with Gasteiger partial charge in [-0.15, -0.1) is 0 Å². The zero-order chi connectivity index (χ0) is 14.4. The number of amides is 1. The van der Waals surface area contributed by atoms with E-state index in [2.05, 4.69) is 21.2 Å². The van der Waals surface area contributed by atoms with Gasteiger partial charge in [-0.3, -0.25) is 9.59 Å². The minimum Gasteiger partial charge on any atom is -0.507 e. The molecule has 0 bridgehead atoms. The van der Waals surface area contributed by atoms with Crippen LogP contribution >= 0.6 is 15.9 Å². The van der Waals surface area contributed by atoms with Gasteiger partial charge < -0.3 is 15.5 Å². The zero-order valence-electron chi connectivity index (χ0n) is 10.5. The van der Waals surface area contributed by atoms with E-state index in [1.54, 1.807) is 6.07 Å². The standard InChI is InChI=1S/C13H16BrNO4/c1-2-8(5-12(17)18)7-15-13(19)10-6-9(14)3-4-11(10)16/h3-4,6,8,16H,2,5,7H2,1H3,(H,15,19)(H,17,18). The van der Waals surface area contributed by atoms with Gasteiger partial charge in [-0.2, -0.15) is 0 Å². The Morgan fingerprint density at radius 1 is 1.42 bits per heavy atom. The summed E-state index contributed by atoms with van der Waals surface area (Å²) >= 11 is 3.22. The molecule has 0 heterocycles. The van der Waals surface area contributed by atoms with Crippen LogP contribution in [0, 0.1) is 5.92 Å². The van der Waals surface area contributed by atoms with Gasteiger partial charge in [0.05, 0.1) is 5.56 Å². The van der Waals surface area contributed by atoms with Crippen molar-refractivity contribution in [2.75, 3.05) is 6.54 Å². The van der Waals surface area contributed by atoms with Gasteiger partial charge in [0.1, 0.15) is 5.75 Å². The van der Waals surface area contributed by atoms with Crippen LogP contribution in [0.25, 0.3) is 0 Å². The van der Waals surface area contributed by atoms with Crippen molar-refractivity contribution in [1.29, 1.82) is 0 Å². The number of phenolic OH excluding ortho intramolecular Hbond substituents is 1. The van der Waals surface area contributed by atoms with Crippen LogP contribution in [0.3, 0.4) is 0 Å². The number of aromatic hydroxyl groups is 1. The number of carbonyl (C=O) groups is 2. The second kappa shape index (κ2) is 7.13. The van der Waals surface area contributed by atoms with E-state index in [0.717, 1.165) is 0 Å². The maximum atomic E-state index is 11.9. The van der Waals surface area contributed by atoms with Gasteiger partial charge in [0.15, 0.2) is 0 Å². The average Bonchev–Trinajstić information content (AvgIpc) is 2.36. The summed E-state index contributed by atoms with van der Waals surface area (Å²) in [6.45, 7) is 2.14. The highest BCUT2D eigenvalue weighted by Gasteiger charge is 2.15. The first-order valence-electron chi connectivity index (χ1n) is 5.92. The largest absolute Gasteiger partial charge is 0.507 e. The maximum absolute atomic E-state index is 11.9. The number of benzene rings is 1. The Bertz CT molecular complexity index is 476. The highest BCUT2D eigenvalue weighted by Crippen LogP contribution is 2.21. The molecule has 104 valence electrons. The van der Waals surface area contributed by atoms with Crippen LogP contribution in [0.5, 0.6) is 5.75 Å². The number of carbonyl (C=O) groups excluding carboxylic acids is 1. The van der Waals surface area contributed by atoms with Crippen LogP contribution in [0.4, 0.5) is 0 Å². The van der Waals surface area contributed by atoms with E-state index in [0.29, 0.717) is 10.9 Å². The van der Waals surface area contributed by atoms with E-state index in [1.165, 1.54) is 12.1 Å². The number of hydrogen-bond donors (Lipinski definition) is 3. The van der Waals surface area contributed by atoms with Crippen LogP contribution in [-0.4, -0.2) is 28.6 Å². The van der Waals surface area contributed by atoms with E-state index in [9.17, 15) is 14.7 Å². The summed E-state index contributed by atoms with van der Waals surface area (Å²) < 4.78 is 0.688. The third-order valence-electron chi connectivity index (χ3n) is 2.80. The minimum atomic E-state index is -0.883. The molecule has 0 aliphatic heterocycles. The Morgan fingerprint density at radius 2 is 2.11 bits per heavy atom. The zero-order valence-corrected chi connectivity index (χ0v) is 12.1. The Labute approximate surface area is 119 Å². The summed E-state index contributed by atoms with van der Waals surface area (Å²) in [6.07, 6.45) is 0.679. The van der Waals surface area contributed by atoms with Crippen molar-refractivity contribution in [1.82, 2.24) is 5.32 Å². The van der Waals surface area contributed by atoms with Gasteiger partial charge in [0.25, 0.3) is 5.91 Å². The van der Waals surface area contributed by atoms with Crippen molar-refractivity contribution >= 4 is 27.8 Å². The number of aliphatic carboxylic acids is 1. The number of phenols is 1. The van der Waals surface area contributed by atoms with Gasteiger partial charge in [-0.05, 0) is 24.1 Å². The lowest BCUT2D eigenvalue weighted by atomic mass is 10.0. The second-order valence-electron chi connectivity index (χ2n) is 4.24. The fraction of sp³-hybridized carbons (Fsp3) is 0.385.